The van der Waals surface area contributed by atoms with Gasteiger partial charge >= 0.3 is 0 Å². The lowest BCUT2D eigenvalue weighted by atomic mass is 9.84. The molecule has 2 heteroatoms. The minimum Gasteiger partial charge on any atom is -0.327 e. The van der Waals surface area contributed by atoms with E-state index in [9.17, 15) is 0 Å². The molecule has 2 unspecified atom stereocenters. The fraction of sp³-hybridized carbons (Fsp3) is 0.833. The second-order valence-corrected chi connectivity index (χ2v) is 5.15. The maximum absolute atomic E-state index is 6.19. The Bertz CT molecular complexity index is 224. The van der Waals surface area contributed by atoms with Gasteiger partial charge in [0.05, 0.1) is 0 Å². The van der Waals surface area contributed by atoms with E-state index >= 15 is 0 Å². The molecule has 0 bridgehead atoms. The van der Waals surface area contributed by atoms with E-state index in [0.717, 1.165) is 6.54 Å². The van der Waals surface area contributed by atoms with Crippen LogP contribution in [0.1, 0.15) is 32.6 Å². The highest BCUT2D eigenvalue weighted by molar-refractivity contribution is 4.97. The van der Waals surface area contributed by atoms with Gasteiger partial charge in [0.25, 0.3) is 0 Å². The van der Waals surface area contributed by atoms with Gasteiger partial charge in [0, 0.05) is 25.7 Å². The molecule has 1 heterocycles. The molecule has 0 aromatic rings. The molecule has 1 aliphatic carbocycles. The topological polar surface area (TPSA) is 29.3 Å². The molecule has 14 heavy (non-hydrogen) atoms. The van der Waals surface area contributed by atoms with Crippen LogP contribution in [0.25, 0.3) is 0 Å². The highest BCUT2D eigenvalue weighted by Crippen LogP contribution is 2.37. The predicted molar refractivity (Wildman–Crippen MR) is 60.1 cm³/mol. The summed E-state index contributed by atoms with van der Waals surface area (Å²) in [5.41, 5.74) is 6.57. The van der Waals surface area contributed by atoms with E-state index in [1.807, 2.05) is 0 Å². The van der Waals surface area contributed by atoms with Crippen molar-refractivity contribution >= 4 is 0 Å². The van der Waals surface area contributed by atoms with Gasteiger partial charge in [0.2, 0.25) is 0 Å². The van der Waals surface area contributed by atoms with Crippen LogP contribution in [0.2, 0.25) is 0 Å². The first-order valence-electron chi connectivity index (χ1n) is 5.84. The van der Waals surface area contributed by atoms with Crippen molar-refractivity contribution < 1.29 is 0 Å². The highest BCUT2D eigenvalue weighted by atomic mass is 15.1. The van der Waals surface area contributed by atoms with Gasteiger partial charge < -0.3 is 5.73 Å². The summed E-state index contributed by atoms with van der Waals surface area (Å²) in [6.45, 7) is 5.91. The normalized spacial score (nSPS) is 39.1. The molecule has 2 N–H and O–H groups in total. The third kappa shape index (κ3) is 2.01. The smallest absolute Gasteiger partial charge is 0.0163 e. The molecule has 0 spiro atoms. The monoisotopic (exact) mass is 194 g/mol. The van der Waals surface area contributed by atoms with E-state index in [1.165, 1.54) is 38.8 Å². The number of nitrogens with two attached hydrogens (primary N) is 1. The van der Waals surface area contributed by atoms with Crippen molar-refractivity contribution in [2.24, 2.45) is 11.1 Å². The van der Waals surface area contributed by atoms with E-state index in [-0.39, 0.29) is 0 Å². The van der Waals surface area contributed by atoms with Gasteiger partial charge in [-0.05, 0) is 24.7 Å². The highest BCUT2D eigenvalue weighted by Gasteiger charge is 2.37. The minimum absolute atomic E-state index is 0.380. The van der Waals surface area contributed by atoms with Crippen LogP contribution in [0.5, 0.6) is 0 Å². The van der Waals surface area contributed by atoms with Gasteiger partial charge in [-0.1, -0.05) is 25.5 Å². The fourth-order valence-corrected chi connectivity index (χ4v) is 2.80. The van der Waals surface area contributed by atoms with Gasteiger partial charge in [0.15, 0.2) is 0 Å². The average molecular weight is 194 g/mol. The van der Waals surface area contributed by atoms with Gasteiger partial charge in [0.1, 0.15) is 0 Å². The molecular weight excluding hydrogens is 172 g/mol. The third-order valence-electron chi connectivity index (χ3n) is 3.89. The summed E-state index contributed by atoms with van der Waals surface area (Å²) in [4.78, 5) is 2.55. The molecule has 0 radical (unpaired) electrons. The Labute approximate surface area is 87.2 Å². The van der Waals surface area contributed by atoms with Crippen molar-refractivity contribution in [1.29, 1.82) is 0 Å². The SMILES string of the molecule is CC1(CN2CC=CCC2)CCCC1N. The molecule has 1 aliphatic heterocycles. The lowest BCUT2D eigenvalue weighted by molar-refractivity contribution is 0.163. The number of nitrogens with zero attached hydrogens (tertiary/aromatic N) is 1. The second kappa shape index (κ2) is 4.03. The lowest BCUT2D eigenvalue weighted by Crippen LogP contribution is -2.45. The molecule has 0 saturated heterocycles. The Morgan fingerprint density at radius 1 is 1.50 bits per heavy atom. The summed E-state index contributed by atoms with van der Waals surface area (Å²) >= 11 is 0. The summed E-state index contributed by atoms with van der Waals surface area (Å²) in [5, 5.41) is 0. The van der Waals surface area contributed by atoms with Crippen LogP contribution >= 0.6 is 0 Å². The van der Waals surface area contributed by atoms with Crippen molar-refractivity contribution in [3.63, 3.8) is 0 Å². The standard InChI is InChI=1S/C12H22N2/c1-12(7-5-6-11(12)13)10-14-8-3-2-4-9-14/h2-3,11H,4-10,13H2,1H3. The molecule has 80 valence electrons. The van der Waals surface area contributed by atoms with Crippen molar-refractivity contribution in [3.05, 3.63) is 12.2 Å². The maximum Gasteiger partial charge on any atom is 0.0163 e. The molecule has 2 rings (SSSR count). The van der Waals surface area contributed by atoms with Crippen LogP contribution in [0, 0.1) is 5.41 Å². The first kappa shape index (κ1) is 10.2. The molecule has 1 saturated carbocycles. The third-order valence-corrected chi connectivity index (χ3v) is 3.89. The maximum atomic E-state index is 6.19. The Hall–Kier alpha value is -0.340. The van der Waals surface area contributed by atoms with Crippen molar-refractivity contribution in [2.45, 2.75) is 38.6 Å². The quantitative estimate of drug-likeness (QED) is 0.679. The fourth-order valence-electron chi connectivity index (χ4n) is 2.80. The Kier molecular flexibility index (Phi) is 2.93. The Balaban J connectivity index is 1.92. The number of hydrogen-bond donors (Lipinski definition) is 1. The molecule has 0 amide bonds. The summed E-state index contributed by atoms with van der Waals surface area (Å²) in [6.07, 6.45) is 9.64. The van der Waals surface area contributed by atoms with E-state index in [1.54, 1.807) is 0 Å². The van der Waals surface area contributed by atoms with E-state index in [0.29, 0.717) is 11.5 Å². The van der Waals surface area contributed by atoms with Gasteiger partial charge in [-0.25, -0.2) is 0 Å². The zero-order valence-corrected chi connectivity index (χ0v) is 9.21. The molecule has 2 atom stereocenters. The molecule has 2 aliphatic rings. The minimum atomic E-state index is 0.380. The molecule has 1 fully saturated rings. The molecule has 0 aromatic carbocycles. The van der Waals surface area contributed by atoms with Crippen LogP contribution in [0.15, 0.2) is 12.2 Å². The molecule has 2 nitrogen and oxygen atoms in total. The number of rotatable bonds is 2. The predicted octanol–water partition coefficient (Wildman–Crippen LogP) is 1.77. The lowest BCUT2D eigenvalue weighted by Gasteiger charge is -2.36. The van der Waals surface area contributed by atoms with Gasteiger partial charge in [-0.3, -0.25) is 4.90 Å². The number of hydrogen-bond acceptors (Lipinski definition) is 2. The van der Waals surface area contributed by atoms with Gasteiger partial charge in [-0.2, -0.15) is 0 Å². The zero-order valence-electron chi connectivity index (χ0n) is 9.21. The van der Waals surface area contributed by atoms with Crippen molar-refractivity contribution in [2.75, 3.05) is 19.6 Å². The van der Waals surface area contributed by atoms with Crippen LogP contribution < -0.4 is 5.73 Å². The first-order chi connectivity index (χ1) is 6.71. The van der Waals surface area contributed by atoms with E-state index in [2.05, 4.69) is 24.0 Å². The van der Waals surface area contributed by atoms with Crippen molar-refractivity contribution in [3.8, 4) is 0 Å². The van der Waals surface area contributed by atoms with Crippen LogP contribution in [0.3, 0.4) is 0 Å². The van der Waals surface area contributed by atoms with Crippen LogP contribution in [-0.2, 0) is 0 Å². The van der Waals surface area contributed by atoms with Crippen LogP contribution in [0.4, 0.5) is 0 Å². The summed E-state index contributed by atoms with van der Waals surface area (Å²) < 4.78 is 0. The second-order valence-electron chi connectivity index (χ2n) is 5.15. The molecular formula is C12H22N2. The zero-order chi connectivity index (χ0) is 10.0. The average Bonchev–Trinajstić information content (AvgIpc) is 2.48. The Morgan fingerprint density at radius 2 is 2.36 bits per heavy atom. The largest absolute Gasteiger partial charge is 0.327 e. The summed E-state index contributed by atoms with van der Waals surface area (Å²) in [5.74, 6) is 0. The van der Waals surface area contributed by atoms with Crippen LogP contribution in [-0.4, -0.2) is 30.6 Å². The van der Waals surface area contributed by atoms with E-state index < -0.39 is 0 Å². The van der Waals surface area contributed by atoms with E-state index in [4.69, 9.17) is 5.73 Å². The van der Waals surface area contributed by atoms with Gasteiger partial charge in [-0.15, -0.1) is 0 Å². The van der Waals surface area contributed by atoms with Crippen molar-refractivity contribution in [1.82, 2.24) is 4.90 Å². The summed E-state index contributed by atoms with van der Waals surface area (Å²) in [6, 6.07) is 0.424. The molecule has 0 aromatic heterocycles. The Morgan fingerprint density at radius 3 is 2.93 bits per heavy atom. The summed E-state index contributed by atoms with van der Waals surface area (Å²) in [7, 11) is 0. The first-order valence-corrected chi connectivity index (χ1v) is 5.84.